The lowest BCUT2D eigenvalue weighted by molar-refractivity contribution is 0.413. The minimum absolute atomic E-state index is 0.522. The van der Waals surface area contributed by atoms with Crippen molar-refractivity contribution in [3.05, 3.63) is 29.8 Å². The van der Waals surface area contributed by atoms with E-state index in [0.717, 1.165) is 18.7 Å². The molecule has 0 saturated carbocycles. The Morgan fingerprint density at radius 2 is 1.82 bits per heavy atom. The van der Waals surface area contributed by atoms with Crippen molar-refractivity contribution < 1.29 is 4.74 Å². The Balaban J connectivity index is 2.70. The van der Waals surface area contributed by atoms with Gasteiger partial charge in [0.15, 0.2) is 0 Å². The smallest absolute Gasteiger partial charge is 0.118 e. The topological polar surface area (TPSA) is 21.3 Å². The van der Waals surface area contributed by atoms with Crippen LogP contribution in [-0.2, 0) is 0 Å². The monoisotopic (exact) mass is 235 g/mol. The Bertz CT molecular complexity index is 307. The molecule has 1 N–H and O–H groups in total. The first kappa shape index (κ1) is 14.0. The minimum Gasteiger partial charge on any atom is -0.497 e. The van der Waals surface area contributed by atoms with Crippen LogP contribution >= 0.6 is 0 Å². The number of hydrogen-bond acceptors (Lipinski definition) is 2. The van der Waals surface area contributed by atoms with E-state index in [1.165, 1.54) is 12.0 Å². The molecule has 2 heteroatoms. The summed E-state index contributed by atoms with van der Waals surface area (Å²) in [6.07, 6.45) is 2.34. The molecule has 2 unspecified atom stereocenters. The highest BCUT2D eigenvalue weighted by Crippen LogP contribution is 2.25. The average molecular weight is 235 g/mol. The molecule has 0 saturated heterocycles. The Morgan fingerprint density at radius 1 is 1.18 bits per heavy atom. The highest BCUT2D eigenvalue weighted by atomic mass is 16.5. The van der Waals surface area contributed by atoms with Crippen molar-refractivity contribution in [2.75, 3.05) is 13.7 Å². The van der Waals surface area contributed by atoms with Gasteiger partial charge in [0.05, 0.1) is 7.11 Å². The van der Waals surface area contributed by atoms with E-state index in [1.807, 2.05) is 12.1 Å². The Labute approximate surface area is 105 Å². The third kappa shape index (κ3) is 4.04. The fraction of sp³-hybridized carbons (Fsp3) is 0.600. The molecule has 17 heavy (non-hydrogen) atoms. The summed E-state index contributed by atoms with van der Waals surface area (Å²) < 4.78 is 5.19. The van der Waals surface area contributed by atoms with Gasteiger partial charge in [-0.3, -0.25) is 0 Å². The number of rotatable bonds is 7. The van der Waals surface area contributed by atoms with Gasteiger partial charge in [0.1, 0.15) is 5.75 Å². The Hall–Kier alpha value is -1.02. The van der Waals surface area contributed by atoms with Crippen LogP contribution < -0.4 is 10.1 Å². The quantitative estimate of drug-likeness (QED) is 0.780. The molecule has 0 aliphatic rings. The zero-order valence-corrected chi connectivity index (χ0v) is 11.5. The zero-order valence-electron chi connectivity index (χ0n) is 11.5. The van der Waals surface area contributed by atoms with E-state index in [9.17, 15) is 0 Å². The number of benzene rings is 1. The molecule has 0 aliphatic carbocycles. The van der Waals surface area contributed by atoms with Crippen LogP contribution in [0.5, 0.6) is 5.75 Å². The first-order valence-electron chi connectivity index (χ1n) is 6.60. The van der Waals surface area contributed by atoms with Crippen LogP contribution in [0, 0.1) is 0 Å². The lowest BCUT2D eigenvalue weighted by Gasteiger charge is -2.24. The number of nitrogens with one attached hydrogen (secondary N) is 1. The van der Waals surface area contributed by atoms with Gasteiger partial charge in [-0.05, 0) is 49.9 Å². The molecule has 96 valence electrons. The summed E-state index contributed by atoms with van der Waals surface area (Å²) >= 11 is 0. The molecule has 0 amide bonds. The van der Waals surface area contributed by atoms with Gasteiger partial charge >= 0.3 is 0 Å². The molecule has 2 atom stereocenters. The van der Waals surface area contributed by atoms with Crippen LogP contribution in [0.1, 0.15) is 45.1 Å². The zero-order chi connectivity index (χ0) is 12.7. The van der Waals surface area contributed by atoms with Crippen LogP contribution in [0.3, 0.4) is 0 Å². The maximum absolute atomic E-state index is 5.19. The standard InChI is InChI=1S/C15H25NO/c1-5-11-16-12(3)15(6-2)13-7-9-14(17-4)10-8-13/h7-10,12,15-16H,5-6,11H2,1-4H3. The van der Waals surface area contributed by atoms with Crippen molar-refractivity contribution in [3.63, 3.8) is 0 Å². The number of ether oxygens (including phenoxy) is 1. The van der Waals surface area contributed by atoms with Gasteiger partial charge in [0.25, 0.3) is 0 Å². The van der Waals surface area contributed by atoms with Gasteiger partial charge in [0.2, 0.25) is 0 Å². The van der Waals surface area contributed by atoms with E-state index >= 15 is 0 Å². The van der Waals surface area contributed by atoms with E-state index in [4.69, 9.17) is 4.74 Å². The maximum Gasteiger partial charge on any atom is 0.118 e. The first-order valence-corrected chi connectivity index (χ1v) is 6.60. The van der Waals surface area contributed by atoms with Gasteiger partial charge < -0.3 is 10.1 Å². The van der Waals surface area contributed by atoms with Crippen LogP contribution in [0.2, 0.25) is 0 Å². The average Bonchev–Trinajstić information content (AvgIpc) is 2.38. The summed E-state index contributed by atoms with van der Waals surface area (Å²) in [4.78, 5) is 0. The number of methoxy groups -OCH3 is 1. The summed E-state index contributed by atoms with van der Waals surface area (Å²) in [6, 6.07) is 8.97. The van der Waals surface area contributed by atoms with E-state index in [1.54, 1.807) is 7.11 Å². The Kier molecular flexibility index (Phi) is 6.06. The lowest BCUT2D eigenvalue weighted by Crippen LogP contribution is -2.32. The third-order valence-corrected chi connectivity index (χ3v) is 3.30. The SMILES string of the molecule is CCCNC(C)C(CC)c1ccc(OC)cc1. The van der Waals surface area contributed by atoms with Gasteiger partial charge in [-0.25, -0.2) is 0 Å². The van der Waals surface area contributed by atoms with E-state index in [2.05, 4.69) is 38.2 Å². The minimum atomic E-state index is 0.522. The second kappa shape index (κ2) is 7.33. The van der Waals surface area contributed by atoms with Gasteiger partial charge in [-0.15, -0.1) is 0 Å². The fourth-order valence-corrected chi connectivity index (χ4v) is 2.24. The molecular weight excluding hydrogens is 210 g/mol. The second-order valence-corrected chi connectivity index (χ2v) is 4.53. The molecule has 0 aromatic heterocycles. The van der Waals surface area contributed by atoms with E-state index in [-0.39, 0.29) is 0 Å². The molecule has 0 bridgehead atoms. The van der Waals surface area contributed by atoms with Crippen molar-refractivity contribution in [1.82, 2.24) is 5.32 Å². The normalized spacial score (nSPS) is 14.4. The molecule has 0 spiro atoms. The molecule has 0 aliphatic heterocycles. The fourth-order valence-electron chi connectivity index (χ4n) is 2.24. The lowest BCUT2D eigenvalue weighted by atomic mass is 9.90. The molecule has 1 aromatic rings. The third-order valence-electron chi connectivity index (χ3n) is 3.30. The van der Waals surface area contributed by atoms with Crippen LogP contribution in [0.15, 0.2) is 24.3 Å². The summed E-state index contributed by atoms with van der Waals surface area (Å²) in [6.45, 7) is 7.81. The molecule has 0 heterocycles. The second-order valence-electron chi connectivity index (χ2n) is 4.53. The van der Waals surface area contributed by atoms with Crippen LogP contribution in [-0.4, -0.2) is 19.7 Å². The predicted molar refractivity (Wildman–Crippen MR) is 73.8 cm³/mol. The summed E-state index contributed by atoms with van der Waals surface area (Å²) in [5.41, 5.74) is 1.39. The molecule has 1 aromatic carbocycles. The first-order chi connectivity index (χ1) is 8.22. The van der Waals surface area contributed by atoms with Gasteiger partial charge in [-0.1, -0.05) is 26.0 Å². The molecule has 0 fully saturated rings. The van der Waals surface area contributed by atoms with E-state index < -0.39 is 0 Å². The van der Waals surface area contributed by atoms with E-state index in [0.29, 0.717) is 12.0 Å². The van der Waals surface area contributed by atoms with Crippen molar-refractivity contribution in [3.8, 4) is 5.75 Å². The summed E-state index contributed by atoms with van der Waals surface area (Å²) in [7, 11) is 1.71. The van der Waals surface area contributed by atoms with Gasteiger partial charge in [-0.2, -0.15) is 0 Å². The highest BCUT2D eigenvalue weighted by molar-refractivity contribution is 5.30. The molecular formula is C15H25NO. The van der Waals surface area contributed by atoms with Crippen molar-refractivity contribution >= 4 is 0 Å². The molecule has 2 nitrogen and oxygen atoms in total. The van der Waals surface area contributed by atoms with Crippen molar-refractivity contribution in [1.29, 1.82) is 0 Å². The maximum atomic E-state index is 5.19. The highest BCUT2D eigenvalue weighted by Gasteiger charge is 2.16. The predicted octanol–water partition coefficient (Wildman–Crippen LogP) is 3.58. The van der Waals surface area contributed by atoms with Gasteiger partial charge in [0, 0.05) is 6.04 Å². The van der Waals surface area contributed by atoms with Crippen LogP contribution in [0.4, 0.5) is 0 Å². The van der Waals surface area contributed by atoms with Crippen LogP contribution in [0.25, 0.3) is 0 Å². The van der Waals surface area contributed by atoms with Crippen molar-refractivity contribution in [2.24, 2.45) is 0 Å². The molecule has 0 radical (unpaired) electrons. The number of hydrogen-bond donors (Lipinski definition) is 1. The molecule has 1 rings (SSSR count). The Morgan fingerprint density at radius 3 is 2.29 bits per heavy atom. The van der Waals surface area contributed by atoms with Crippen molar-refractivity contribution in [2.45, 2.75) is 45.6 Å². The summed E-state index contributed by atoms with van der Waals surface area (Å²) in [5, 5.41) is 3.58. The largest absolute Gasteiger partial charge is 0.497 e. The summed E-state index contributed by atoms with van der Waals surface area (Å²) in [5.74, 6) is 1.50.